The van der Waals surface area contributed by atoms with Crippen molar-refractivity contribution in [2.24, 2.45) is 0 Å². The summed E-state index contributed by atoms with van der Waals surface area (Å²) < 4.78 is 4.74. The van der Waals surface area contributed by atoms with Crippen molar-refractivity contribution in [1.29, 1.82) is 0 Å². The van der Waals surface area contributed by atoms with Gasteiger partial charge in [0.2, 0.25) is 0 Å². The maximum Gasteiger partial charge on any atom is 0.308 e. The summed E-state index contributed by atoms with van der Waals surface area (Å²) in [6, 6.07) is 7.65. The van der Waals surface area contributed by atoms with Crippen LogP contribution in [0.25, 0.3) is 0 Å². The smallest absolute Gasteiger partial charge is 0.308 e. The fraction of sp³-hybridized carbons (Fsp3) is 0.125. The van der Waals surface area contributed by atoms with Crippen molar-refractivity contribution in [2.45, 2.75) is 6.92 Å². The Morgan fingerprint density at radius 2 is 2.45 bits per heavy atom. The molecule has 1 rings (SSSR count). The van der Waals surface area contributed by atoms with Crippen LogP contribution in [-0.4, -0.2) is 5.97 Å². The SMILES string of the molecule is CC(=O)Oc1ccc[c]c1Cl. The summed E-state index contributed by atoms with van der Waals surface area (Å²) in [6.45, 7) is 1.32. The first-order valence-electron chi connectivity index (χ1n) is 3.05. The van der Waals surface area contributed by atoms with Crippen LogP contribution >= 0.6 is 11.6 Å². The largest absolute Gasteiger partial charge is 0.425 e. The van der Waals surface area contributed by atoms with Gasteiger partial charge in [-0.25, -0.2) is 0 Å². The third-order valence-electron chi connectivity index (χ3n) is 1.02. The van der Waals surface area contributed by atoms with E-state index in [1.807, 2.05) is 0 Å². The molecule has 0 saturated carbocycles. The van der Waals surface area contributed by atoms with Gasteiger partial charge in [0.15, 0.2) is 0 Å². The zero-order chi connectivity index (χ0) is 8.27. The summed E-state index contributed by atoms with van der Waals surface area (Å²) >= 11 is 5.64. The first-order chi connectivity index (χ1) is 5.20. The van der Waals surface area contributed by atoms with Gasteiger partial charge in [-0.1, -0.05) is 23.7 Å². The summed E-state index contributed by atoms with van der Waals surface area (Å²) in [4.78, 5) is 10.5. The number of esters is 1. The number of ether oxygens (including phenoxy) is 1. The van der Waals surface area contributed by atoms with Gasteiger partial charge in [-0.2, -0.15) is 0 Å². The van der Waals surface area contributed by atoms with Crippen molar-refractivity contribution in [1.82, 2.24) is 0 Å². The summed E-state index contributed by atoms with van der Waals surface area (Å²) in [5.74, 6) is -0.0341. The van der Waals surface area contributed by atoms with Crippen LogP contribution in [0.2, 0.25) is 5.02 Å². The highest BCUT2D eigenvalue weighted by molar-refractivity contribution is 6.31. The van der Waals surface area contributed by atoms with Crippen molar-refractivity contribution in [3.05, 3.63) is 29.3 Å². The maximum atomic E-state index is 10.5. The van der Waals surface area contributed by atoms with E-state index in [9.17, 15) is 4.79 Å². The van der Waals surface area contributed by atoms with Gasteiger partial charge in [0.05, 0.1) is 5.02 Å². The van der Waals surface area contributed by atoms with Gasteiger partial charge in [-0.3, -0.25) is 4.79 Å². The molecule has 0 atom stereocenters. The maximum absolute atomic E-state index is 10.5. The van der Waals surface area contributed by atoms with Crippen LogP contribution in [0.15, 0.2) is 18.2 Å². The van der Waals surface area contributed by atoms with Crippen LogP contribution in [0, 0.1) is 6.07 Å². The monoisotopic (exact) mass is 169 g/mol. The van der Waals surface area contributed by atoms with E-state index in [1.54, 1.807) is 18.2 Å². The van der Waals surface area contributed by atoms with Gasteiger partial charge >= 0.3 is 5.97 Å². The van der Waals surface area contributed by atoms with Crippen molar-refractivity contribution < 1.29 is 9.53 Å². The number of halogens is 1. The van der Waals surface area contributed by atoms with E-state index in [0.717, 1.165) is 0 Å². The van der Waals surface area contributed by atoms with Crippen LogP contribution in [-0.2, 0) is 4.79 Å². The summed E-state index contributed by atoms with van der Waals surface area (Å²) in [7, 11) is 0. The standard InChI is InChI=1S/C8H6ClO2/c1-6(10)11-8-5-3-2-4-7(8)9/h2-3,5H,1H3. The third-order valence-corrected chi connectivity index (χ3v) is 1.32. The Labute approximate surface area is 69.7 Å². The molecule has 0 aliphatic carbocycles. The second kappa shape index (κ2) is 3.39. The molecule has 0 aliphatic heterocycles. The molecule has 0 bridgehead atoms. The predicted molar refractivity (Wildman–Crippen MR) is 41.6 cm³/mol. The quantitative estimate of drug-likeness (QED) is 0.475. The first kappa shape index (κ1) is 8.08. The van der Waals surface area contributed by atoms with Crippen molar-refractivity contribution in [3.8, 4) is 5.75 Å². The molecule has 2 nitrogen and oxygen atoms in total. The van der Waals surface area contributed by atoms with Gasteiger partial charge < -0.3 is 4.74 Å². The molecule has 3 heteroatoms. The minimum atomic E-state index is -0.383. The molecule has 1 aromatic rings. The van der Waals surface area contributed by atoms with E-state index in [-0.39, 0.29) is 5.97 Å². The van der Waals surface area contributed by atoms with Crippen LogP contribution in [0.5, 0.6) is 5.75 Å². The third kappa shape index (κ3) is 2.24. The number of rotatable bonds is 1. The Hall–Kier alpha value is -1.02. The molecule has 11 heavy (non-hydrogen) atoms. The molecule has 0 spiro atoms. The van der Waals surface area contributed by atoms with Gasteiger partial charge in [0.1, 0.15) is 5.75 Å². The van der Waals surface area contributed by atoms with E-state index in [2.05, 4.69) is 6.07 Å². The van der Waals surface area contributed by atoms with Crippen LogP contribution in [0.3, 0.4) is 0 Å². The highest BCUT2D eigenvalue weighted by Crippen LogP contribution is 2.22. The molecule has 0 amide bonds. The summed E-state index contributed by atoms with van der Waals surface area (Å²) in [5, 5.41) is 0.322. The zero-order valence-corrected chi connectivity index (χ0v) is 6.68. The molecule has 0 heterocycles. The van der Waals surface area contributed by atoms with E-state index in [4.69, 9.17) is 16.3 Å². The molecule has 0 unspecified atom stereocenters. The van der Waals surface area contributed by atoms with Crippen LogP contribution in [0.1, 0.15) is 6.92 Å². The van der Waals surface area contributed by atoms with Crippen LogP contribution in [0.4, 0.5) is 0 Å². The lowest BCUT2D eigenvalue weighted by Crippen LogP contribution is -2.01. The number of carbonyl (C=O) groups is 1. The Kier molecular flexibility index (Phi) is 2.49. The molecule has 0 fully saturated rings. The lowest BCUT2D eigenvalue weighted by atomic mass is 10.3. The Morgan fingerprint density at radius 1 is 1.73 bits per heavy atom. The molecule has 1 aromatic carbocycles. The van der Waals surface area contributed by atoms with Gasteiger partial charge in [0.25, 0.3) is 0 Å². The fourth-order valence-electron chi connectivity index (χ4n) is 0.635. The van der Waals surface area contributed by atoms with E-state index >= 15 is 0 Å². The molecule has 0 N–H and O–H groups in total. The lowest BCUT2D eigenvalue weighted by Gasteiger charge is -2.00. The highest BCUT2D eigenvalue weighted by Gasteiger charge is 2.01. The van der Waals surface area contributed by atoms with Crippen molar-refractivity contribution in [2.75, 3.05) is 0 Å². The Morgan fingerprint density at radius 3 is 3.00 bits per heavy atom. The van der Waals surface area contributed by atoms with Crippen molar-refractivity contribution >= 4 is 17.6 Å². The van der Waals surface area contributed by atoms with Gasteiger partial charge in [-0.15, -0.1) is 0 Å². The highest BCUT2D eigenvalue weighted by atomic mass is 35.5. The molecule has 0 saturated heterocycles. The van der Waals surface area contributed by atoms with E-state index in [1.165, 1.54) is 6.92 Å². The van der Waals surface area contributed by atoms with Gasteiger partial charge in [0, 0.05) is 13.0 Å². The number of hydrogen-bond acceptors (Lipinski definition) is 2. The second-order valence-electron chi connectivity index (χ2n) is 1.94. The predicted octanol–water partition coefficient (Wildman–Crippen LogP) is 2.07. The molecule has 0 aliphatic rings. The fourth-order valence-corrected chi connectivity index (χ4v) is 0.799. The number of hydrogen-bond donors (Lipinski definition) is 0. The molecular formula is C8H6ClO2. The summed E-state index contributed by atoms with van der Waals surface area (Å²) in [5.41, 5.74) is 0. The second-order valence-corrected chi connectivity index (χ2v) is 2.32. The zero-order valence-electron chi connectivity index (χ0n) is 5.93. The first-order valence-corrected chi connectivity index (χ1v) is 3.42. The topological polar surface area (TPSA) is 26.3 Å². The average molecular weight is 170 g/mol. The number of benzene rings is 1. The lowest BCUT2D eigenvalue weighted by molar-refractivity contribution is -0.131. The van der Waals surface area contributed by atoms with Crippen LogP contribution < -0.4 is 4.74 Å². The van der Waals surface area contributed by atoms with Gasteiger partial charge in [-0.05, 0) is 6.07 Å². The normalized spacial score (nSPS) is 9.27. The molecule has 0 aromatic heterocycles. The minimum absolute atomic E-state index is 0.322. The molecular weight excluding hydrogens is 164 g/mol. The molecule has 57 valence electrons. The Bertz CT molecular complexity index is 271. The number of carbonyl (C=O) groups excluding carboxylic acids is 1. The Balaban J connectivity index is 2.86. The minimum Gasteiger partial charge on any atom is -0.425 e. The van der Waals surface area contributed by atoms with Crippen molar-refractivity contribution in [3.63, 3.8) is 0 Å². The average Bonchev–Trinajstić information content (AvgIpc) is 1.93. The van der Waals surface area contributed by atoms with E-state index < -0.39 is 0 Å². The summed E-state index contributed by atoms with van der Waals surface area (Å²) in [6.07, 6.45) is 0. The van der Waals surface area contributed by atoms with E-state index in [0.29, 0.717) is 10.8 Å². The molecule has 1 radical (unpaired) electrons.